The number of nitrogens with two attached hydrogens (primary N) is 1. The van der Waals surface area contributed by atoms with E-state index in [0.29, 0.717) is 6.54 Å². The molecule has 1 fully saturated rings. The molecule has 0 unspecified atom stereocenters. The Bertz CT molecular complexity index is 299. The maximum atomic E-state index is 5.47. The zero-order chi connectivity index (χ0) is 10.0. The molecule has 2 rings (SSSR count). The van der Waals surface area contributed by atoms with Crippen molar-refractivity contribution in [3.8, 4) is 0 Å². The van der Waals surface area contributed by atoms with Gasteiger partial charge in [-0.05, 0) is 19.4 Å². The number of H-pyrrole nitrogens is 1. The number of nitrogens with one attached hydrogen (secondary N) is 1. The van der Waals surface area contributed by atoms with Gasteiger partial charge in [-0.3, -0.25) is 5.10 Å². The summed E-state index contributed by atoms with van der Waals surface area (Å²) >= 11 is 0. The fourth-order valence-corrected chi connectivity index (χ4v) is 2.19. The molecule has 78 valence electrons. The highest BCUT2D eigenvalue weighted by Gasteiger charge is 2.34. The summed E-state index contributed by atoms with van der Waals surface area (Å²) in [6, 6.07) is 0. The van der Waals surface area contributed by atoms with E-state index in [9.17, 15) is 0 Å². The van der Waals surface area contributed by atoms with Crippen LogP contribution >= 0.6 is 0 Å². The van der Waals surface area contributed by atoms with Gasteiger partial charge >= 0.3 is 0 Å². The molecule has 0 spiro atoms. The van der Waals surface area contributed by atoms with Gasteiger partial charge in [-0.1, -0.05) is 19.8 Å². The fourth-order valence-electron chi connectivity index (χ4n) is 2.19. The monoisotopic (exact) mass is 194 g/mol. The van der Waals surface area contributed by atoms with E-state index in [-0.39, 0.29) is 5.41 Å². The summed E-state index contributed by atoms with van der Waals surface area (Å²) in [6.07, 6.45) is 5.83. The molecule has 1 aliphatic carbocycles. The maximum Gasteiger partial charge on any atom is 0.156 e. The number of nitrogens with zero attached hydrogens (tertiary/aromatic N) is 2. The molecular formula is C10H18N4. The van der Waals surface area contributed by atoms with Gasteiger partial charge in [0.05, 0.1) is 0 Å². The topological polar surface area (TPSA) is 67.6 Å². The van der Waals surface area contributed by atoms with Crippen molar-refractivity contribution in [2.45, 2.75) is 44.4 Å². The summed E-state index contributed by atoms with van der Waals surface area (Å²) in [7, 11) is 0. The third kappa shape index (κ3) is 1.66. The Kier molecular flexibility index (Phi) is 2.54. The van der Waals surface area contributed by atoms with Crippen LogP contribution < -0.4 is 5.73 Å². The quantitative estimate of drug-likeness (QED) is 0.758. The van der Waals surface area contributed by atoms with Crippen LogP contribution in [0.1, 0.15) is 44.3 Å². The first-order valence-electron chi connectivity index (χ1n) is 5.36. The highest BCUT2D eigenvalue weighted by atomic mass is 15.2. The molecular weight excluding hydrogens is 176 g/mol. The Labute approximate surface area is 84.3 Å². The lowest BCUT2D eigenvalue weighted by molar-refractivity contribution is 0.460. The minimum Gasteiger partial charge on any atom is -0.330 e. The van der Waals surface area contributed by atoms with Gasteiger partial charge in [0.2, 0.25) is 0 Å². The SMILES string of the molecule is CC1(c2n[nH]c(CCN)n2)CCCC1. The number of aromatic amines is 1. The van der Waals surface area contributed by atoms with Crippen molar-refractivity contribution in [1.82, 2.24) is 15.2 Å². The lowest BCUT2D eigenvalue weighted by Gasteiger charge is -2.18. The molecule has 0 aliphatic heterocycles. The van der Waals surface area contributed by atoms with E-state index in [1.165, 1.54) is 25.7 Å². The molecule has 4 nitrogen and oxygen atoms in total. The Morgan fingerprint density at radius 1 is 1.43 bits per heavy atom. The minimum absolute atomic E-state index is 0.212. The van der Waals surface area contributed by atoms with E-state index in [2.05, 4.69) is 22.1 Å². The fraction of sp³-hybridized carbons (Fsp3) is 0.800. The normalized spacial score (nSPS) is 20.1. The van der Waals surface area contributed by atoms with Crippen LogP contribution in [0.25, 0.3) is 0 Å². The second kappa shape index (κ2) is 3.69. The molecule has 4 heteroatoms. The van der Waals surface area contributed by atoms with Gasteiger partial charge in [0.25, 0.3) is 0 Å². The minimum atomic E-state index is 0.212. The highest BCUT2D eigenvalue weighted by molar-refractivity contribution is 5.08. The van der Waals surface area contributed by atoms with E-state index >= 15 is 0 Å². The van der Waals surface area contributed by atoms with E-state index in [1.807, 2.05) is 0 Å². The molecule has 0 aromatic carbocycles. The van der Waals surface area contributed by atoms with Crippen LogP contribution in [0.5, 0.6) is 0 Å². The number of hydrogen-bond donors (Lipinski definition) is 2. The third-order valence-corrected chi connectivity index (χ3v) is 3.16. The molecule has 0 amide bonds. The van der Waals surface area contributed by atoms with Crippen molar-refractivity contribution >= 4 is 0 Å². The smallest absolute Gasteiger partial charge is 0.156 e. The van der Waals surface area contributed by atoms with Crippen molar-refractivity contribution in [3.05, 3.63) is 11.6 Å². The van der Waals surface area contributed by atoms with Crippen LogP contribution in [-0.4, -0.2) is 21.7 Å². The van der Waals surface area contributed by atoms with Gasteiger partial charge in [-0.25, -0.2) is 4.98 Å². The maximum absolute atomic E-state index is 5.47. The van der Waals surface area contributed by atoms with Gasteiger partial charge in [-0.2, -0.15) is 5.10 Å². The zero-order valence-electron chi connectivity index (χ0n) is 8.71. The van der Waals surface area contributed by atoms with Gasteiger partial charge in [-0.15, -0.1) is 0 Å². The van der Waals surface area contributed by atoms with Crippen LogP contribution in [0.3, 0.4) is 0 Å². The van der Waals surface area contributed by atoms with E-state index < -0.39 is 0 Å². The van der Waals surface area contributed by atoms with E-state index in [1.54, 1.807) is 0 Å². The van der Waals surface area contributed by atoms with Crippen LogP contribution in [0.4, 0.5) is 0 Å². The third-order valence-electron chi connectivity index (χ3n) is 3.16. The second-order valence-electron chi connectivity index (χ2n) is 4.41. The van der Waals surface area contributed by atoms with E-state index in [0.717, 1.165) is 18.1 Å². The zero-order valence-corrected chi connectivity index (χ0v) is 8.71. The van der Waals surface area contributed by atoms with Gasteiger partial charge in [0.1, 0.15) is 5.82 Å². The van der Waals surface area contributed by atoms with Crippen molar-refractivity contribution < 1.29 is 0 Å². The Balaban J connectivity index is 2.15. The molecule has 1 aromatic rings. The Morgan fingerprint density at radius 2 is 2.14 bits per heavy atom. The molecule has 0 atom stereocenters. The molecule has 0 bridgehead atoms. The van der Waals surface area contributed by atoms with Gasteiger partial charge in [0, 0.05) is 11.8 Å². The van der Waals surface area contributed by atoms with Crippen LogP contribution in [0.15, 0.2) is 0 Å². The molecule has 3 N–H and O–H groups in total. The molecule has 14 heavy (non-hydrogen) atoms. The largest absolute Gasteiger partial charge is 0.330 e. The Morgan fingerprint density at radius 3 is 2.79 bits per heavy atom. The van der Waals surface area contributed by atoms with Gasteiger partial charge < -0.3 is 5.73 Å². The first kappa shape index (κ1) is 9.65. The molecule has 1 aromatic heterocycles. The molecule has 1 saturated carbocycles. The van der Waals surface area contributed by atoms with Crippen molar-refractivity contribution in [2.75, 3.05) is 6.54 Å². The van der Waals surface area contributed by atoms with Crippen molar-refractivity contribution in [3.63, 3.8) is 0 Å². The van der Waals surface area contributed by atoms with Gasteiger partial charge in [0.15, 0.2) is 5.82 Å². The Hall–Kier alpha value is -0.900. The first-order valence-corrected chi connectivity index (χ1v) is 5.36. The predicted molar refractivity (Wildman–Crippen MR) is 55.0 cm³/mol. The van der Waals surface area contributed by atoms with Crippen LogP contribution in [0.2, 0.25) is 0 Å². The summed E-state index contributed by atoms with van der Waals surface area (Å²) in [4.78, 5) is 4.51. The molecule has 0 radical (unpaired) electrons. The summed E-state index contributed by atoms with van der Waals surface area (Å²) in [6.45, 7) is 2.89. The van der Waals surface area contributed by atoms with E-state index in [4.69, 9.17) is 5.73 Å². The standard InChI is InChI=1S/C10H18N4/c1-10(5-2-3-6-10)9-12-8(4-7-11)13-14-9/h2-7,11H2,1H3,(H,12,13,14). The summed E-state index contributed by atoms with van der Waals surface area (Å²) in [5.74, 6) is 1.91. The molecule has 1 heterocycles. The summed E-state index contributed by atoms with van der Waals surface area (Å²) in [5.41, 5.74) is 5.68. The van der Waals surface area contributed by atoms with Crippen molar-refractivity contribution in [2.24, 2.45) is 5.73 Å². The average molecular weight is 194 g/mol. The number of aromatic nitrogens is 3. The van der Waals surface area contributed by atoms with Crippen LogP contribution in [-0.2, 0) is 11.8 Å². The average Bonchev–Trinajstić information content (AvgIpc) is 2.75. The van der Waals surface area contributed by atoms with Crippen LogP contribution in [0, 0.1) is 0 Å². The second-order valence-corrected chi connectivity index (χ2v) is 4.41. The van der Waals surface area contributed by atoms with Crippen molar-refractivity contribution in [1.29, 1.82) is 0 Å². The number of rotatable bonds is 3. The molecule has 0 saturated heterocycles. The predicted octanol–water partition coefficient (Wildman–Crippen LogP) is 1.14. The summed E-state index contributed by atoms with van der Waals surface area (Å²) in [5, 5.41) is 7.26. The summed E-state index contributed by atoms with van der Waals surface area (Å²) < 4.78 is 0. The first-order chi connectivity index (χ1) is 6.74. The molecule has 1 aliphatic rings. The highest BCUT2D eigenvalue weighted by Crippen LogP contribution is 2.38. The lowest BCUT2D eigenvalue weighted by atomic mass is 9.88. The lowest BCUT2D eigenvalue weighted by Crippen LogP contribution is -2.18. The number of hydrogen-bond acceptors (Lipinski definition) is 3.